The molecule has 2 nitrogen and oxygen atoms in total. The van der Waals surface area contributed by atoms with Gasteiger partial charge in [-0.3, -0.25) is 0 Å². The molecule has 0 saturated heterocycles. The predicted molar refractivity (Wildman–Crippen MR) is 50.2 cm³/mol. The number of ether oxygens (including phenoxy) is 1. The van der Waals surface area contributed by atoms with Crippen molar-refractivity contribution in [3.05, 3.63) is 29.3 Å². The Hall–Kier alpha value is -1.31. The second-order valence-electron chi connectivity index (χ2n) is 2.81. The minimum Gasteiger partial charge on any atom is -0.496 e. The lowest BCUT2D eigenvalue weighted by molar-refractivity contribution is 0.411. The van der Waals surface area contributed by atoms with Crippen LogP contribution in [-0.2, 0) is 0 Å². The Bertz CT molecular complexity index is 305. The van der Waals surface area contributed by atoms with E-state index in [1.54, 1.807) is 14.0 Å². The quantitative estimate of drug-likeness (QED) is 0.667. The first kappa shape index (κ1) is 8.78. The molecule has 1 N–H and O–H groups in total. The van der Waals surface area contributed by atoms with Crippen molar-refractivity contribution in [2.24, 2.45) is 0 Å². The lowest BCUT2D eigenvalue weighted by Crippen LogP contribution is -1.94. The molecule has 0 saturated carbocycles. The third kappa shape index (κ3) is 1.64. The fraction of sp³-hybridized carbons (Fsp3) is 0.300. The summed E-state index contributed by atoms with van der Waals surface area (Å²) in [6.45, 7) is 3.76. The van der Waals surface area contributed by atoms with Crippen molar-refractivity contribution in [3.63, 3.8) is 0 Å². The molecule has 64 valence electrons. The third-order valence-corrected chi connectivity index (χ3v) is 1.84. The number of hydrogen-bond acceptors (Lipinski definition) is 2. The van der Waals surface area contributed by atoms with Gasteiger partial charge in [0.25, 0.3) is 0 Å². The lowest BCUT2D eigenvalue weighted by Gasteiger charge is -2.05. The summed E-state index contributed by atoms with van der Waals surface area (Å²) in [4.78, 5) is 0. The van der Waals surface area contributed by atoms with Crippen LogP contribution in [0.2, 0.25) is 0 Å². The fourth-order valence-electron chi connectivity index (χ4n) is 1.05. The van der Waals surface area contributed by atoms with Gasteiger partial charge in [0.15, 0.2) is 0 Å². The first-order chi connectivity index (χ1) is 5.65. The molecule has 0 spiro atoms. The highest BCUT2D eigenvalue weighted by atomic mass is 16.5. The molecule has 0 atom stereocenters. The first-order valence-corrected chi connectivity index (χ1v) is 3.85. The normalized spacial score (nSPS) is 9.58. The Kier molecular flexibility index (Phi) is 2.48. The van der Waals surface area contributed by atoms with E-state index in [1.807, 2.05) is 25.1 Å². The van der Waals surface area contributed by atoms with Crippen molar-refractivity contribution in [2.45, 2.75) is 13.8 Å². The van der Waals surface area contributed by atoms with E-state index in [0.29, 0.717) is 5.71 Å². The Morgan fingerprint density at radius 3 is 2.58 bits per heavy atom. The first-order valence-electron chi connectivity index (χ1n) is 3.85. The van der Waals surface area contributed by atoms with E-state index in [-0.39, 0.29) is 0 Å². The van der Waals surface area contributed by atoms with Crippen molar-refractivity contribution in [1.82, 2.24) is 0 Å². The maximum atomic E-state index is 7.42. The van der Waals surface area contributed by atoms with E-state index in [9.17, 15) is 0 Å². The van der Waals surface area contributed by atoms with Crippen molar-refractivity contribution in [2.75, 3.05) is 7.11 Å². The largest absolute Gasteiger partial charge is 0.496 e. The highest BCUT2D eigenvalue weighted by molar-refractivity contribution is 5.96. The predicted octanol–water partition coefficient (Wildman–Crippen LogP) is 2.39. The Labute approximate surface area is 72.7 Å². The molecular weight excluding hydrogens is 150 g/mol. The van der Waals surface area contributed by atoms with Gasteiger partial charge in [-0.25, -0.2) is 0 Å². The van der Waals surface area contributed by atoms with Gasteiger partial charge in [0.05, 0.1) is 7.11 Å². The van der Waals surface area contributed by atoms with Crippen molar-refractivity contribution >= 4 is 5.71 Å². The van der Waals surface area contributed by atoms with E-state index < -0.39 is 0 Å². The monoisotopic (exact) mass is 163 g/mol. The van der Waals surface area contributed by atoms with E-state index in [0.717, 1.165) is 16.9 Å². The summed E-state index contributed by atoms with van der Waals surface area (Å²) in [5, 5.41) is 7.42. The van der Waals surface area contributed by atoms with Gasteiger partial charge in [0.1, 0.15) is 5.75 Å². The van der Waals surface area contributed by atoms with Crippen molar-refractivity contribution in [3.8, 4) is 5.75 Å². The molecule has 12 heavy (non-hydrogen) atoms. The summed E-state index contributed by atoms with van der Waals surface area (Å²) in [5.41, 5.74) is 2.58. The van der Waals surface area contributed by atoms with Gasteiger partial charge in [-0.2, -0.15) is 0 Å². The minimum atomic E-state index is 0.563. The summed E-state index contributed by atoms with van der Waals surface area (Å²) >= 11 is 0. The van der Waals surface area contributed by atoms with Gasteiger partial charge in [-0.1, -0.05) is 12.1 Å². The molecule has 0 aliphatic rings. The maximum absolute atomic E-state index is 7.42. The molecule has 0 amide bonds. The zero-order valence-electron chi connectivity index (χ0n) is 7.64. The summed E-state index contributed by atoms with van der Waals surface area (Å²) in [6, 6.07) is 5.78. The number of rotatable bonds is 2. The summed E-state index contributed by atoms with van der Waals surface area (Å²) in [7, 11) is 1.64. The molecule has 0 bridgehead atoms. The van der Waals surface area contributed by atoms with E-state index in [1.165, 1.54) is 0 Å². The highest BCUT2D eigenvalue weighted by Crippen LogP contribution is 2.18. The number of aryl methyl sites for hydroxylation is 1. The molecule has 0 heterocycles. The van der Waals surface area contributed by atoms with Crippen LogP contribution in [0.1, 0.15) is 18.1 Å². The SMILES string of the molecule is COc1cc(C(C)=N)ccc1C. The van der Waals surface area contributed by atoms with Crippen LogP contribution in [0.25, 0.3) is 0 Å². The van der Waals surface area contributed by atoms with Crippen LogP contribution in [0.5, 0.6) is 5.75 Å². The van der Waals surface area contributed by atoms with Gasteiger partial charge < -0.3 is 10.1 Å². The van der Waals surface area contributed by atoms with Gasteiger partial charge >= 0.3 is 0 Å². The summed E-state index contributed by atoms with van der Waals surface area (Å²) in [5.74, 6) is 0.846. The van der Waals surface area contributed by atoms with E-state index in [2.05, 4.69) is 0 Å². The average molecular weight is 163 g/mol. The smallest absolute Gasteiger partial charge is 0.122 e. The molecule has 0 aliphatic carbocycles. The summed E-state index contributed by atoms with van der Waals surface area (Å²) < 4.78 is 5.14. The molecular formula is C10H13NO. The second kappa shape index (κ2) is 3.39. The molecule has 1 rings (SSSR count). The number of hydrogen-bond donors (Lipinski definition) is 1. The molecule has 1 aromatic rings. The van der Waals surface area contributed by atoms with Crippen LogP contribution in [0.4, 0.5) is 0 Å². The van der Waals surface area contributed by atoms with E-state index in [4.69, 9.17) is 10.1 Å². The molecule has 0 unspecified atom stereocenters. The summed E-state index contributed by atoms with van der Waals surface area (Å²) in [6.07, 6.45) is 0. The van der Waals surface area contributed by atoms with E-state index >= 15 is 0 Å². The number of nitrogens with one attached hydrogen (secondary N) is 1. The van der Waals surface area contributed by atoms with Crippen molar-refractivity contribution in [1.29, 1.82) is 5.41 Å². The third-order valence-electron chi connectivity index (χ3n) is 1.84. The van der Waals surface area contributed by atoms with Gasteiger partial charge in [-0.15, -0.1) is 0 Å². The molecule has 0 aliphatic heterocycles. The van der Waals surface area contributed by atoms with Crippen molar-refractivity contribution < 1.29 is 4.74 Å². The maximum Gasteiger partial charge on any atom is 0.122 e. The topological polar surface area (TPSA) is 33.1 Å². The van der Waals surface area contributed by atoms with Crippen LogP contribution < -0.4 is 4.74 Å². The van der Waals surface area contributed by atoms with Crippen LogP contribution in [-0.4, -0.2) is 12.8 Å². The molecule has 2 heteroatoms. The highest BCUT2D eigenvalue weighted by Gasteiger charge is 2.00. The fourth-order valence-corrected chi connectivity index (χ4v) is 1.05. The number of methoxy groups -OCH3 is 1. The van der Waals surface area contributed by atoms with Gasteiger partial charge in [0, 0.05) is 5.71 Å². The molecule has 0 radical (unpaired) electrons. The molecule has 0 fully saturated rings. The number of benzene rings is 1. The lowest BCUT2D eigenvalue weighted by atomic mass is 10.1. The van der Waals surface area contributed by atoms with Crippen LogP contribution in [0, 0.1) is 12.3 Å². The average Bonchev–Trinajstić information content (AvgIpc) is 2.05. The van der Waals surface area contributed by atoms with Gasteiger partial charge in [-0.05, 0) is 31.0 Å². The van der Waals surface area contributed by atoms with Gasteiger partial charge in [0.2, 0.25) is 0 Å². The minimum absolute atomic E-state index is 0.563. The molecule has 1 aromatic carbocycles. The van der Waals surface area contributed by atoms with Crippen LogP contribution in [0.15, 0.2) is 18.2 Å². The Morgan fingerprint density at radius 2 is 2.08 bits per heavy atom. The zero-order valence-corrected chi connectivity index (χ0v) is 7.64. The van der Waals surface area contributed by atoms with Crippen LogP contribution >= 0.6 is 0 Å². The second-order valence-corrected chi connectivity index (χ2v) is 2.81. The Balaban J connectivity index is 3.13. The standard InChI is InChI=1S/C10H13NO/c1-7-4-5-9(8(2)11)6-10(7)12-3/h4-6,11H,1-3H3. The molecule has 0 aromatic heterocycles. The zero-order chi connectivity index (χ0) is 9.14. The Morgan fingerprint density at radius 1 is 1.42 bits per heavy atom. The van der Waals surface area contributed by atoms with Crippen LogP contribution in [0.3, 0.4) is 0 Å².